The molecule has 2 rings (SSSR count). The van der Waals surface area contributed by atoms with Crippen molar-refractivity contribution in [3.8, 4) is 11.5 Å². The zero-order valence-electron chi connectivity index (χ0n) is 12.6. The van der Waals surface area contributed by atoms with Gasteiger partial charge in [0, 0.05) is 12.6 Å². The number of phenolic OH excluding ortho intramolecular Hbond substituents is 2. The van der Waals surface area contributed by atoms with Crippen molar-refractivity contribution >= 4 is 27.8 Å². The minimum Gasteiger partial charge on any atom is -0.504 e. The van der Waals surface area contributed by atoms with Crippen molar-refractivity contribution < 1.29 is 23.4 Å². The molecule has 0 aliphatic rings. The third kappa shape index (κ3) is 4.46. The molecule has 24 heavy (non-hydrogen) atoms. The fraction of sp³-hybridized carbons (Fsp3) is 0.0667. The van der Waals surface area contributed by atoms with Gasteiger partial charge in [-0.2, -0.15) is 13.5 Å². The molecule has 0 spiro atoms. The predicted molar refractivity (Wildman–Crippen MR) is 88.4 cm³/mol. The van der Waals surface area contributed by atoms with Gasteiger partial charge in [0.25, 0.3) is 10.0 Å². The molecule has 0 radical (unpaired) electrons. The number of rotatable bonds is 5. The van der Waals surface area contributed by atoms with Crippen LogP contribution in [0.2, 0.25) is 0 Å². The highest BCUT2D eigenvalue weighted by Gasteiger charge is 2.12. The summed E-state index contributed by atoms with van der Waals surface area (Å²) in [6.45, 7) is 1.35. The van der Waals surface area contributed by atoms with E-state index in [1.807, 2.05) is 4.83 Å². The molecule has 0 heterocycles. The first-order chi connectivity index (χ1) is 11.3. The summed E-state index contributed by atoms with van der Waals surface area (Å²) < 4.78 is 24.2. The number of hydrogen-bond acceptors (Lipinski definition) is 6. The van der Waals surface area contributed by atoms with Crippen LogP contribution in [0.1, 0.15) is 12.5 Å². The Morgan fingerprint density at radius 3 is 2.33 bits per heavy atom. The van der Waals surface area contributed by atoms with Crippen LogP contribution >= 0.6 is 0 Å². The van der Waals surface area contributed by atoms with Gasteiger partial charge in [0.1, 0.15) is 0 Å². The van der Waals surface area contributed by atoms with Gasteiger partial charge < -0.3 is 15.5 Å². The number of sulfonamides is 1. The van der Waals surface area contributed by atoms with Gasteiger partial charge in [-0.25, -0.2) is 4.83 Å². The molecular formula is C15H15N3O5S. The highest BCUT2D eigenvalue weighted by molar-refractivity contribution is 7.89. The van der Waals surface area contributed by atoms with Crippen molar-refractivity contribution in [2.45, 2.75) is 11.8 Å². The van der Waals surface area contributed by atoms with E-state index in [4.69, 9.17) is 0 Å². The molecule has 0 aromatic heterocycles. The van der Waals surface area contributed by atoms with Crippen LogP contribution in [0, 0.1) is 0 Å². The maximum absolute atomic E-state index is 12.1. The number of benzene rings is 2. The number of amides is 1. The Hall–Kier alpha value is -3.07. The van der Waals surface area contributed by atoms with E-state index in [2.05, 4.69) is 10.4 Å². The van der Waals surface area contributed by atoms with Gasteiger partial charge >= 0.3 is 0 Å². The summed E-state index contributed by atoms with van der Waals surface area (Å²) >= 11 is 0. The van der Waals surface area contributed by atoms with E-state index < -0.39 is 10.0 Å². The molecule has 0 saturated heterocycles. The molecule has 0 atom stereocenters. The number of phenols is 2. The monoisotopic (exact) mass is 349 g/mol. The summed E-state index contributed by atoms with van der Waals surface area (Å²) in [6.07, 6.45) is 1.18. The first kappa shape index (κ1) is 17.3. The molecule has 0 fully saturated rings. The molecule has 9 heteroatoms. The number of hydrogen-bond donors (Lipinski definition) is 4. The van der Waals surface area contributed by atoms with Crippen LogP contribution in [0.25, 0.3) is 0 Å². The molecule has 0 aliphatic heterocycles. The van der Waals surface area contributed by atoms with Crippen molar-refractivity contribution in [3.63, 3.8) is 0 Å². The molecule has 2 aromatic carbocycles. The van der Waals surface area contributed by atoms with Crippen molar-refractivity contribution in [2.24, 2.45) is 5.10 Å². The summed E-state index contributed by atoms with van der Waals surface area (Å²) in [5, 5.41) is 24.7. The van der Waals surface area contributed by atoms with Crippen LogP contribution in [-0.2, 0) is 14.8 Å². The van der Waals surface area contributed by atoms with Crippen LogP contribution in [0.15, 0.2) is 52.5 Å². The topological polar surface area (TPSA) is 128 Å². The Bertz CT molecular complexity index is 876. The van der Waals surface area contributed by atoms with E-state index in [0.29, 0.717) is 11.3 Å². The lowest BCUT2D eigenvalue weighted by Crippen LogP contribution is -2.18. The zero-order valence-corrected chi connectivity index (χ0v) is 13.4. The maximum Gasteiger partial charge on any atom is 0.276 e. The molecule has 0 saturated carbocycles. The van der Waals surface area contributed by atoms with Gasteiger partial charge in [-0.05, 0) is 48.0 Å². The predicted octanol–water partition coefficient (Wildman–Crippen LogP) is 1.37. The van der Waals surface area contributed by atoms with Crippen LogP contribution in [-0.4, -0.2) is 30.8 Å². The molecule has 0 unspecified atom stereocenters. The van der Waals surface area contributed by atoms with Crippen LogP contribution in [0.3, 0.4) is 0 Å². The van der Waals surface area contributed by atoms with Crippen LogP contribution in [0.5, 0.6) is 11.5 Å². The van der Waals surface area contributed by atoms with E-state index in [9.17, 15) is 23.4 Å². The SMILES string of the molecule is CC(=O)Nc1ccc(S(=O)(=O)NN=Cc2ccc(O)c(O)c2)cc1. The number of anilines is 1. The molecule has 0 aliphatic carbocycles. The van der Waals surface area contributed by atoms with Gasteiger partial charge in [-0.15, -0.1) is 0 Å². The quantitative estimate of drug-likeness (QED) is 0.368. The van der Waals surface area contributed by atoms with Crippen molar-refractivity contribution in [1.29, 1.82) is 0 Å². The molecule has 1 amide bonds. The lowest BCUT2D eigenvalue weighted by atomic mass is 10.2. The smallest absolute Gasteiger partial charge is 0.276 e. The third-order valence-corrected chi connectivity index (χ3v) is 4.11. The minimum atomic E-state index is -3.87. The Kier molecular flexibility index (Phi) is 5.05. The summed E-state index contributed by atoms with van der Waals surface area (Å²) in [7, 11) is -3.87. The lowest BCUT2D eigenvalue weighted by molar-refractivity contribution is -0.114. The Morgan fingerprint density at radius 2 is 1.75 bits per heavy atom. The summed E-state index contributed by atoms with van der Waals surface area (Å²) in [6, 6.07) is 9.51. The van der Waals surface area contributed by atoms with Crippen molar-refractivity contribution in [2.75, 3.05) is 5.32 Å². The number of nitrogens with zero attached hydrogens (tertiary/aromatic N) is 1. The van der Waals surface area contributed by atoms with E-state index in [0.717, 1.165) is 0 Å². The molecule has 8 nitrogen and oxygen atoms in total. The largest absolute Gasteiger partial charge is 0.504 e. The first-order valence-corrected chi connectivity index (χ1v) is 8.21. The zero-order chi connectivity index (χ0) is 17.7. The molecule has 0 bridgehead atoms. The number of carbonyl (C=O) groups is 1. The Balaban J connectivity index is 2.08. The fourth-order valence-corrected chi connectivity index (χ4v) is 2.56. The van der Waals surface area contributed by atoms with Gasteiger partial charge in [-0.3, -0.25) is 4.79 Å². The fourth-order valence-electron chi connectivity index (χ4n) is 1.76. The molecule has 4 N–H and O–H groups in total. The first-order valence-electron chi connectivity index (χ1n) is 6.72. The van der Waals surface area contributed by atoms with Gasteiger partial charge in [0.2, 0.25) is 5.91 Å². The number of hydrazone groups is 1. The van der Waals surface area contributed by atoms with Crippen LogP contribution in [0.4, 0.5) is 5.69 Å². The number of nitrogens with one attached hydrogen (secondary N) is 2. The normalized spacial score (nSPS) is 11.4. The molecular weight excluding hydrogens is 334 g/mol. The van der Waals surface area contributed by atoms with Gasteiger partial charge in [-0.1, -0.05) is 0 Å². The number of aromatic hydroxyl groups is 2. The Morgan fingerprint density at radius 1 is 1.08 bits per heavy atom. The second-order valence-corrected chi connectivity index (χ2v) is 6.47. The highest BCUT2D eigenvalue weighted by Crippen LogP contribution is 2.24. The summed E-state index contributed by atoms with van der Waals surface area (Å²) in [4.78, 5) is 12.9. The van der Waals surface area contributed by atoms with Crippen molar-refractivity contribution in [1.82, 2.24) is 4.83 Å². The minimum absolute atomic E-state index is 0.0256. The standard InChI is InChI=1S/C15H15N3O5S/c1-10(19)17-12-3-5-13(6-4-12)24(22,23)18-16-9-11-2-7-14(20)15(21)8-11/h2-9,18,20-21H,1H3,(H,17,19). The van der Waals surface area contributed by atoms with Gasteiger partial charge in [0.15, 0.2) is 11.5 Å². The van der Waals surface area contributed by atoms with Crippen LogP contribution < -0.4 is 10.1 Å². The second-order valence-electron chi connectivity index (χ2n) is 4.81. The summed E-state index contributed by atoms with van der Waals surface area (Å²) in [5.41, 5.74) is 0.874. The van der Waals surface area contributed by atoms with E-state index >= 15 is 0 Å². The highest BCUT2D eigenvalue weighted by atomic mass is 32.2. The second kappa shape index (κ2) is 7.01. The van der Waals surface area contributed by atoms with E-state index in [-0.39, 0.29) is 22.3 Å². The lowest BCUT2D eigenvalue weighted by Gasteiger charge is -2.05. The average Bonchev–Trinajstić information content (AvgIpc) is 2.50. The Labute approximate surface area is 138 Å². The summed E-state index contributed by atoms with van der Waals surface area (Å²) in [5.74, 6) is -0.882. The average molecular weight is 349 g/mol. The van der Waals surface area contributed by atoms with Gasteiger partial charge in [0.05, 0.1) is 11.1 Å². The molecule has 126 valence electrons. The third-order valence-electron chi connectivity index (χ3n) is 2.87. The molecule has 2 aromatic rings. The maximum atomic E-state index is 12.1. The van der Waals surface area contributed by atoms with E-state index in [1.165, 1.54) is 55.6 Å². The van der Waals surface area contributed by atoms with E-state index in [1.54, 1.807) is 0 Å². The number of carbonyl (C=O) groups excluding carboxylic acids is 1. The van der Waals surface area contributed by atoms with Crippen molar-refractivity contribution in [3.05, 3.63) is 48.0 Å².